The fourth-order valence-corrected chi connectivity index (χ4v) is 5.61. The predicted octanol–water partition coefficient (Wildman–Crippen LogP) is 3.22. The molecule has 2 aliphatic rings. The number of ether oxygens (including phenoxy) is 3. The molecule has 0 radical (unpaired) electrons. The molecule has 1 unspecified atom stereocenters. The summed E-state index contributed by atoms with van der Waals surface area (Å²) in [6.45, 7) is 5.50. The molecule has 0 amide bonds. The number of pyridine rings is 1. The van der Waals surface area contributed by atoms with E-state index in [-0.39, 0.29) is 49.2 Å². The lowest BCUT2D eigenvalue weighted by Crippen LogP contribution is -2.40. The van der Waals surface area contributed by atoms with Crippen LogP contribution in [-0.2, 0) is 20.8 Å². The van der Waals surface area contributed by atoms with Crippen LogP contribution < -0.4 is 15.6 Å². The number of carboxylic acids is 1. The highest BCUT2D eigenvalue weighted by molar-refractivity contribution is 5.93. The molecule has 1 aromatic carbocycles. The Morgan fingerprint density at radius 3 is 2.47 bits per heavy atom. The first-order valence-corrected chi connectivity index (χ1v) is 13.3. The largest absolute Gasteiger partial charge is 0.477 e. The highest BCUT2D eigenvalue weighted by Gasteiger charge is 2.31. The molecule has 2 fully saturated rings. The summed E-state index contributed by atoms with van der Waals surface area (Å²) >= 11 is 0. The fourth-order valence-electron chi connectivity index (χ4n) is 5.61. The normalized spacial score (nSPS) is 18.3. The van der Waals surface area contributed by atoms with E-state index in [1.807, 2.05) is 0 Å². The molecule has 0 aliphatic carbocycles. The van der Waals surface area contributed by atoms with Gasteiger partial charge in [-0.25, -0.2) is 13.6 Å². The number of hydrogen-bond donors (Lipinski definition) is 2. The van der Waals surface area contributed by atoms with Crippen LogP contribution in [0.3, 0.4) is 0 Å². The van der Waals surface area contributed by atoms with Crippen LogP contribution in [0.5, 0.6) is 0 Å². The number of nitrogens with one attached hydrogen (secondary N) is 1. The first-order chi connectivity index (χ1) is 18.3. The third-order valence-electron chi connectivity index (χ3n) is 7.76. The van der Waals surface area contributed by atoms with E-state index >= 15 is 8.78 Å². The Kier molecular flexibility index (Phi) is 9.69. The van der Waals surface area contributed by atoms with Gasteiger partial charge in [0.2, 0.25) is 5.43 Å². The Morgan fingerprint density at radius 1 is 1.13 bits per heavy atom. The number of aromatic carboxylic acids is 1. The Labute approximate surface area is 220 Å². The number of aromatic nitrogens is 1. The summed E-state index contributed by atoms with van der Waals surface area (Å²) in [6, 6.07) is 0.971. The van der Waals surface area contributed by atoms with Crippen LogP contribution in [0.15, 0.2) is 17.1 Å². The minimum Gasteiger partial charge on any atom is -0.477 e. The van der Waals surface area contributed by atoms with Crippen molar-refractivity contribution in [1.82, 2.24) is 9.88 Å². The van der Waals surface area contributed by atoms with Crippen LogP contribution in [0.1, 0.15) is 43.0 Å². The maximum Gasteiger partial charge on any atom is 0.341 e. The van der Waals surface area contributed by atoms with Gasteiger partial charge in [-0.3, -0.25) is 4.79 Å². The van der Waals surface area contributed by atoms with Crippen LogP contribution in [0.2, 0.25) is 0 Å². The molecule has 9 nitrogen and oxygen atoms in total. The number of carbonyl (C=O) groups is 1. The molecule has 2 saturated heterocycles. The number of nitrogens with zero attached hydrogens (tertiary/aromatic N) is 2. The lowest BCUT2D eigenvalue weighted by atomic mass is 9.79. The number of anilines is 1. The van der Waals surface area contributed by atoms with Crippen molar-refractivity contribution in [2.24, 2.45) is 11.8 Å². The topological polar surface area (TPSA) is 102 Å². The van der Waals surface area contributed by atoms with Crippen molar-refractivity contribution in [3.8, 4) is 0 Å². The van der Waals surface area contributed by atoms with Crippen LogP contribution in [-0.4, -0.2) is 75.0 Å². The lowest BCUT2D eigenvalue weighted by Gasteiger charge is -2.39. The van der Waals surface area contributed by atoms with Gasteiger partial charge in [0.15, 0.2) is 12.1 Å². The van der Waals surface area contributed by atoms with E-state index in [0.29, 0.717) is 24.9 Å². The Bertz CT molecular complexity index is 1180. The number of methoxy groups -OCH3 is 1. The predicted molar refractivity (Wildman–Crippen MR) is 139 cm³/mol. The van der Waals surface area contributed by atoms with E-state index in [2.05, 4.69) is 5.32 Å². The number of hydrogen-bond acceptors (Lipinski definition) is 7. The van der Waals surface area contributed by atoms with E-state index in [1.165, 1.54) is 11.7 Å². The van der Waals surface area contributed by atoms with Gasteiger partial charge in [0, 0.05) is 32.9 Å². The molecule has 4 rings (SSSR count). The summed E-state index contributed by atoms with van der Waals surface area (Å²) in [5.74, 6) is -2.01. The maximum atomic E-state index is 16.0. The highest BCUT2D eigenvalue weighted by atomic mass is 19.1. The van der Waals surface area contributed by atoms with Crippen LogP contribution in [0.4, 0.5) is 14.5 Å². The SMILES string of the molecule is COC(C)OCCOCCn1cc(C(=O)O)c(=O)c2cc(F)c(N3CCC(C4CCNCC4)CC3)c(F)c21. The second kappa shape index (κ2) is 13.0. The summed E-state index contributed by atoms with van der Waals surface area (Å²) in [7, 11) is 1.52. The van der Waals surface area contributed by atoms with E-state index in [4.69, 9.17) is 14.2 Å². The van der Waals surface area contributed by atoms with Crippen molar-refractivity contribution in [2.45, 2.75) is 45.4 Å². The summed E-state index contributed by atoms with van der Waals surface area (Å²) in [5.41, 5.74) is -1.75. The maximum absolute atomic E-state index is 16.0. The number of benzene rings is 1. The zero-order valence-electron chi connectivity index (χ0n) is 22.0. The van der Waals surface area contributed by atoms with Crippen molar-refractivity contribution in [1.29, 1.82) is 0 Å². The van der Waals surface area contributed by atoms with Gasteiger partial charge >= 0.3 is 5.97 Å². The molecule has 0 saturated carbocycles. The summed E-state index contributed by atoms with van der Waals surface area (Å²) in [6.07, 6.45) is 4.68. The van der Waals surface area contributed by atoms with Crippen LogP contribution in [0, 0.1) is 23.5 Å². The first kappa shape index (κ1) is 28.4. The van der Waals surface area contributed by atoms with Crippen molar-refractivity contribution in [3.63, 3.8) is 0 Å². The molecule has 2 aliphatic heterocycles. The van der Waals surface area contributed by atoms with Gasteiger partial charge in [0.25, 0.3) is 0 Å². The fraction of sp³-hybridized carbons (Fsp3) is 0.630. The Balaban J connectivity index is 1.57. The molecule has 0 spiro atoms. The molecule has 1 aromatic heterocycles. The average Bonchev–Trinajstić information content (AvgIpc) is 2.92. The lowest BCUT2D eigenvalue weighted by molar-refractivity contribution is -0.121. The van der Waals surface area contributed by atoms with E-state index in [9.17, 15) is 14.7 Å². The summed E-state index contributed by atoms with van der Waals surface area (Å²) < 4.78 is 48.6. The van der Waals surface area contributed by atoms with E-state index in [0.717, 1.165) is 51.0 Å². The number of fused-ring (bicyclic) bond motifs is 1. The molecule has 3 heterocycles. The quantitative estimate of drug-likeness (QED) is 0.333. The van der Waals surface area contributed by atoms with E-state index in [1.54, 1.807) is 11.8 Å². The van der Waals surface area contributed by atoms with Crippen molar-refractivity contribution in [2.75, 3.05) is 58.0 Å². The van der Waals surface area contributed by atoms with Crippen molar-refractivity contribution < 1.29 is 32.9 Å². The molecule has 2 aromatic rings. The Hall–Kier alpha value is -2.60. The number of rotatable bonds is 11. The van der Waals surface area contributed by atoms with Crippen LogP contribution in [0.25, 0.3) is 10.9 Å². The third-order valence-corrected chi connectivity index (χ3v) is 7.76. The second-order valence-corrected chi connectivity index (χ2v) is 9.99. The molecule has 1 atom stereocenters. The molecule has 2 N–H and O–H groups in total. The van der Waals surface area contributed by atoms with Gasteiger partial charge in [0.1, 0.15) is 17.1 Å². The minimum atomic E-state index is -1.46. The first-order valence-electron chi connectivity index (χ1n) is 13.3. The van der Waals surface area contributed by atoms with Gasteiger partial charge in [-0.1, -0.05) is 0 Å². The zero-order valence-corrected chi connectivity index (χ0v) is 22.0. The summed E-state index contributed by atoms with van der Waals surface area (Å²) in [4.78, 5) is 26.2. The molecular formula is C27H37F2N3O6. The van der Waals surface area contributed by atoms with Crippen molar-refractivity contribution >= 4 is 22.6 Å². The molecular weight excluding hydrogens is 500 g/mol. The van der Waals surface area contributed by atoms with Gasteiger partial charge in [0.05, 0.1) is 30.7 Å². The van der Waals surface area contributed by atoms with Gasteiger partial charge in [-0.2, -0.15) is 0 Å². The number of halogens is 2. The van der Waals surface area contributed by atoms with Gasteiger partial charge < -0.3 is 34.1 Å². The van der Waals surface area contributed by atoms with E-state index < -0.39 is 28.6 Å². The number of piperidine rings is 2. The van der Waals surface area contributed by atoms with Gasteiger partial charge in [-0.05, 0) is 63.6 Å². The zero-order chi connectivity index (χ0) is 27.2. The molecule has 38 heavy (non-hydrogen) atoms. The molecule has 0 bridgehead atoms. The van der Waals surface area contributed by atoms with Gasteiger partial charge in [-0.15, -0.1) is 0 Å². The molecule has 210 valence electrons. The molecule has 11 heteroatoms. The average molecular weight is 538 g/mol. The van der Waals surface area contributed by atoms with Crippen molar-refractivity contribution in [3.05, 3.63) is 39.7 Å². The second-order valence-electron chi connectivity index (χ2n) is 9.99. The number of carboxylic acid groups (broad SMARTS) is 1. The highest BCUT2D eigenvalue weighted by Crippen LogP contribution is 2.36. The monoisotopic (exact) mass is 537 g/mol. The summed E-state index contributed by atoms with van der Waals surface area (Å²) in [5, 5.41) is 12.6. The standard InChI is InChI=1S/C27H37F2N3O6/c1-17(36-2)38-14-13-37-12-11-32-16-21(27(34)35)26(33)20-15-22(28)25(23(29)24(20)32)31-9-5-19(6-10-31)18-3-7-30-8-4-18/h15-19,30H,3-14H2,1-2H3,(H,34,35). The van der Waals surface area contributed by atoms with Crippen LogP contribution >= 0.6 is 0 Å². The smallest absolute Gasteiger partial charge is 0.341 e. The third kappa shape index (κ3) is 6.33. The minimum absolute atomic E-state index is 0.0661. The Morgan fingerprint density at radius 2 is 1.82 bits per heavy atom.